The largest absolute Gasteiger partial charge is 0.493 e. The van der Waals surface area contributed by atoms with Gasteiger partial charge in [0, 0.05) is 12.0 Å². The van der Waals surface area contributed by atoms with Crippen LogP contribution in [-0.4, -0.2) is 32.3 Å². The average molecular weight is 357 g/mol. The zero-order valence-electron chi connectivity index (χ0n) is 13.2. The Bertz CT molecular complexity index is 947. The molecule has 0 bridgehead atoms. The second kappa shape index (κ2) is 6.52. The van der Waals surface area contributed by atoms with Gasteiger partial charge in [0.05, 0.1) is 12.6 Å². The van der Waals surface area contributed by atoms with Crippen molar-refractivity contribution in [1.82, 2.24) is 25.1 Å². The lowest BCUT2D eigenvalue weighted by atomic mass is 10.0. The van der Waals surface area contributed by atoms with Crippen molar-refractivity contribution in [2.45, 2.75) is 19.0 Å². The van der Waals surface area contributed by atoms with Gasteiger partial charge in [-0.3, -0.25) is 4.79 Å². The first-order valence-corrected chi connectivity index (χ1v) is 8.68. The topological polar surface area (TPSA) is 91.0 Å². The first kappa shape index (κ1) is 15.6. The number of rotatable bonds is 4. The summed E-state index contributed by atoms with van der Waals surface area (Å²) in [6.45, 7) is 0.361. The molecule has 0 fully saturated rings. The molecular formula is C16H15N5O3S. The molecule has 0 radical (unpaired) electrons. The molecule has 4 rings (SSSR count). The molecule has 128 valence electrons. The molecule has 1 aliphatic heterocycles. The van der Waals surface area contributed by atoms with Crippen LogP contribution < -0.4 is 15.7 Å². The van der Waals surface area contributed by atoms with Crippen molar-refractivity contribution in [3.63, 3.8) is 0 Å². The second-order valence-corrected chi connectivity index (χ2v) is 6.50. The zero-order valence-corrected chi connectivity index (χ0v) is 14.0. The standard InChI is InChI=1S/C16H15N5O3S/c22-14(17-12-7-8-24-13-5-2-1-4-11(12)13)10-20-16(23)21(19-18-20)15-6-3-9-25-15/h1-6,9,12H,7-8,10H2,(H,17,22)/t12-/m1/s1. The molecule has 3 heterocycles. The number of nitrogens with one attached hydrogen (secondary N) is 1. The maximum absolute atomic E-state index is 12.4. The Kier molecular flexibility index (Phi) is 4.06. The summed E-state index contributed by atoms with van der Waals surface area (Å²) >= 11 is 1.38. The molecule has 1 atom stereocenters. The minimum Gasteiger partial charge on any atom is -0.493 e. The number of carbonyl (C=O) groups is 1. The maximum atomic E-state index is 12.4. The fraction of sp³-hybridized carbons (Fsp3) is 0.250. The van der Waals surface area contributed by atoms with E-state index in [1.165, 1.54) is 16.0 Å². The van der Waals surface area contributed by atoms with Crippen LogP contribution in [0.5, 0.6) is 5.75 Å². The van der Waals surface area contributed by atoms with Crippen LogP contribution in [0.15, 0.2) is 46.6 Å². The van der Waals surface area contributed by atoms with Crippen molar-refractivity contribution in [2.75, 3.05) is 6.61 Å². The van der Waals surface area contributed by atoms with Gasteiger partial charge in [-0.15, -0.1) is 11.3 Å². The van der Waals surface area contributed by atoms with Crippen molar-refractivity contribution < 1.29 is 9.53 Å². The van der Waals surface area contributed by atoms with E-state index in [1.54, 1.807) is 6.07 Å². The lowest BCUT2D eigenvalue weighted by Gasteiger charge is -2.26. The van der Waals surface area contributed by atoms with Crippen molar-refractivity contribution in [3.8, 4) is 10.8 Å². The van der Waals surface area contributed by atoms with E-state index in [-0.39, 0.29) is 18.5 Å². The van der Waals surface area contributed by atoms with Crippen LogP contribution in [0.3, 0.4) is 0 Å². The average Bonchev–Trinajstić information content (AvgIpc) is 3.26. The van der Waals surface area contributed by atoms with Crippen LogP contribution >= 0.6 is 11.3 Å². The number of hydrogen-bond acceptors (Lipinski definition) is 6. The first-order valence-electron chi connectivity index (χ1n) is 7.80. The summed E-state index contributed by atoms with van der Waals surface area (Å²) < 4.78 is 7.82. The van der Waals surface area contributed by atoms with Gasteiger partial charge >= 0.3 is 5.69 Å². The molecule has 25 heavy (non-hydrogen) atoms. The smallest absolute Gasteiger partial charge is 0.369 e. The number of thiophene rings is 1. The third kappa shape index (κ3) is 3.05. The quantitative estimate of drug-likeness (QED) is 0.756. The van der Waals surface area contributed by atoms with Crippen LogP contribution in [-0.2, 0) is 11.3 Å². The van der Waals surface area contributed by atoms with Crippen LogP contribution in [0.4, 0.5) is 0 Å². The highest BCUT2D eigenvalue weighted by atomic mass is 32.1. The highest BCUT2D eigenvalue weighted by Crippen LogP contribution is 2.31. The Labute approximate surface area is 146 Å². The molecule has 9 heteroatoms. The number of amides is 1. The lowest BCUT2D eigenvalue weighted by Crippen LogP contribution is -2.37. The fourth-order valence-corrected chi connectivity index (χ4v) is 3.44. The first-order chi connectivity index (χ1) is 12.2. The third-order valence-electron chi connectivity index (χ3n) is 3.94. The molecule has 3 aromatic rings. The summed E-state index contributed by atoms with van der Waals surface area (Å²) in [5.74, 6) is 0.488. The summed E-state index contributed by atoms with van der Waals surface area (Å²) in [6.07, 6.45) is 0.680. The van der Waals surface area contributed by atoms with E-state index < -0.39 is 5.69 Å². The van der Waals surface area contributed by atoms with Gasteiger partial charge < -0.3 is 10.1 Å². The Hall–Kier alpha value is -2.94. The van der Waals surface area contributed by atoms with E-state index in [4.69, 9.17) is 4.74 Å². The number of benzene rings is 1. The molecule has 0 saturated heterocycles. The molecule has 1 aromatic carbocycles. The highest BCUT2D eigenvalue weighted by Gasteiger charge is 2.23. The van der Waals surface area contributed by atoms with Crippen LogP contribution in [0.25, 0.3) is 5.00 Å². The molecule has 0 unspecified atom stereocenters. The third-order valence-corrected chi connectivity index (χ3v) is 4.79. The normalized spacial score (nSPS) is 16.1. The van der Waals surface area contributed by atoms with E-state index in [1.807, 2.05) is 35.7 Å². The monoisotopic (exact) mass is 357 g/mol. The number of carbonyl (C=O) groups excluding carboxylic acids is 1. The molecule has 1 N–H and O–H groups in total. The van der Waals surface area contributed by atoms with E-state index in [0.717, 1.165) is 16.0 Å². The Morgan fingerprint density at radius 3 is 3.00 bits per heavy atom. The van der Waals surface area contributed by atoms with Gasteiger partial charge in [0.2, 0.25) is 5.91 Å². The van der Waals surface area contributed by atoms with E-state index in [9.17, 15) is 9.59 Å². The van der Waals surface area contributed by atoms with Gasteiger partial charge in [-0.25, -0.2) is 4.79 Å². The zero-order chi connectivity index (χ0) is 17.2. The summed E-state index contributed by atoms with van der Waals surface area (Å²) in [4.78, 5) is 24.7. The van der Waals surface area contributed by atoms with Crippen molar-refractivity contribution in [2.24, 2.45) is 0 Å². The van der Waals surface area contributed by atoms with Gasteiger partial charge in [-0.1, -0.05) is 18.2 Å². The maximum Gasteiger partial charge on any atom is 0.369 e. The summed E-state index contributed by atoms with van der Waals surface area (Å²) in [5, 5.41) is 13.1. The number of tetrazole rings is 1. The SMILES string of the molecule is O=C(Cn1nnn(-c2cccs2)c1=O)N[C@@H]1CCOc2ccccc21. The highest BCUT2D eigenvalue weighted by molar-refractivity contribution is 7.12. The minimum absolute atomic E-state index is 0.138. The van der Waals surface area contributed by atoms with Gasteiger partial charge in [0.15, 0.2) is 0 Å². The number of nitrogens with zero attached hydrogens (tertiary/aromatic N) is 4. The molecule has 0 saturated carbocycles. The van der Waals surface area contributed by atoms with Crippen molar-refractivity contribution in [1.29, 1.82) is 0 Å². The van der Waals surface area contributed by atoms with E-state index in [2.05, 4.69) is 15.7 Å². The van der Waals surface area contributed by atoms with Crippen LogP contribution in [0.1, 0.15) is 18.0 Å². The number of ether oxygens (including phenoxy) is 1. The van der Waals surface area contributed by atoms with Gasteiger partial charge in [0.1, 0.15) is 17.3 Å². The van der Waals surface area contributed by atoms with E-state index >= 15 is 0 Å². The Morgan fingerprint density at radius 1 is 1.28 bits per heavy atom. The van der Waals surface area contributed by atoms with Gasteiger partial charge in [0.25, 0.3) is 0 Å². The predicted octanol–water partition coefficient (Wildman–Crippen LogP) is 1.13. The predicted molar refractivity (Wildman–Crippen MR) is 90.9 cm³/mol. The van der Waals surface area contributed by atoms with Crippen molar-refractivity contribution in [3.05, 3.63) is 57.8 Å². The summed E-state index contributed by atoms with van der Waals surface area (Å²) in [5.41, 5.74) is 0.502. The number of fused-ring (bicyclic) bond motifs is 1. The van der Waals surface area contributed by atoms with Crippen molar-refractivity contribution >= 4 is 17.2 Å². The Balaban J connectivity index is 1.48. The van der Waals surface area contributed by atoms with Gasteiger partial charge in [-0.2, -0.15) is 9.36 Å². The van der Waals surface area contributed by atoms with Gasteiger partial charge in [-0.05, 0) is 34.0 Å². The van der Waals surface area contributed by atoms with E-state index in [0.29, 0.717) is 18.0 Å². The minimum atomic E-state index is -0.440. The van der Waals surface area contributed by atoms with Crippen LogP contribution in [0.2, 0.25) is 0 Å². The second-order valence-electron chi connectivity index (χ2n) is 5.58. The molecule has 8 nitrogen and oxygen atoms in total. The summed E-state index contributed by atoms with van der Waals surface area (Å²) in [7, 11) is 0. The molecule has 0 aliphatic carbocycles. The Morgan fingerprint density at radius 2 is 2.16 bits per heavy atom. The molecule has 2 aromatic heterocycles. The molecular weight excluding hydrogens is 342 g/mol. The number of aromatic nitrogens is 4. The fourth-order valence-electron chi connectivity index (χ4n) is 2.77. The molecule has 0 spiro atoms. The summed E-state index contributed by atoms with van der Waals surface area (Å²) in [6, 6.07) is 11.1. The van der Waals surface area contributed by atoms with Crippen LogP contribution in [0, 0.1) is 0 Å². The lowest BCUT2D eigenvalue weighted by molar-refractivity contribution is -0.122. The molecule has 1 amide bonds. The number of hydrogen-bond donors (Lipinski definition) is 1. The number of para-hydroxylation sites is 1. The molecule has 1 aliphatic rings.